The molecular weight excluding hydrogens is 202 g/mol. The zero-order valence-corrected chi connectivity index (χ0v) is 7.92. The van der Waals surface area contributed by atoms with Gasteiger partial charge in [0.2, 0.25) is 5.91 Å². The van der Waals surface area contributed by atoms with Crippen molar-refractivity contribution in [1.82, 2.24) is 0 Å². The van der Waals surface area contributed by atoms with Gasteiger partial charge in [-0.3, -0.25) is 4.79 Å². The largest absolute Gasteiger partial charge is 0.322 e. The van der Waals surface area contributed by atoms with Crippen LogP contribution in [0.15, 0.2) is 18.2 Å². The number of carbonyl (C=O) groups is 1. The van der Waals surface area contributed by atoms with Gasteiger partial charge in [0.15, 0.2) is 0 Å². The Bertz CT molecular complexity index is 426. The quantitative estimate of drug-likeness (QED) is 0.812. The van der Waals surface area contributed by atoms with Gasteiger partial charge in [-0.15, -0.1) is 0 Å². The van der Waals surface area contributed by atoms with Crippen molar-refractivity contribution >= 4 is 11.6 Å². The highest BCUT2D eigenvalue weighted by Crippen LogP contribution is 2.15. The Balaban J connectivity index is 2.82. The van der Waals surface area contributed by atoms with E-state index in [9.17, 15) is 13.6 Å². The maximum absolute atomic E-state index is 13.0. The third-order valence-electron chi connectivity index (χ3n) is 1.78. The first-order valence-electron chi connectivity index (χ1n) is 4.20. The molecule has 0 saturated heterocycles. The van der Waals surface area contributed by atoms with Crippen LogP contribution >= 0.6 is 0 Å². The molecular formula is C10H8F2N2O. The standard InChI is InChI=1S/C10H8F2N2O/c1-6(5-13)10(15)14-9-3-2-7(11)4-8(9)12/h2-4,6H,1H3,(H,14,15). The predicted molar refractivity (Wildman–Crippen MR) is 49.8 cm³/mol. The number of nitrogens with one attached hydrogen (secondary N) is 1. The average molecular weight is 210 g/mol. The summed E-state index contributed by atoms with van der Waals surface area (Å²) in [5, 5.41) is 10.6. The van der Waals surface area contributed by atoms with Crippen molar-refractivity contribution in [1.29, 1.82) is 5.26 Å². The van der Waals surface area contributed by atoms with Gasteiger partial charge in [0.05, 0.1) is 11.8 Å². The Labute approximate surface area is 85.3 Å². The highest BCUT2D eigenvalue weighted by Gasteiger charge is 2.13. The van der Waals surface area contributed by atoms with Gasteiger partial charge >= 0.3 is 0 Å². The molecule has 0 fully saturated rings. The minimum absolute atomic E-state index is 0.136. The fourth-order valence-corrected chi connectivity index (χ4v) is 0.890. The number of amides is 1. The summed E-state index contributed by atoms with van der Waals surface area (Å²) in [5.74, 6) is -3.09. The Morgan fingerprint density at radius 1 is 1.53 bits per heavy atom. The Kier molecular flexibility index (Phi) is 3.34. The van der Waals surface area contributed by atoms with Crippen LogP contribution in [0.5, 0.6) is 0 Å². The summed E-state index contributed by atoms with van der Waals surface area (Å²) in [4.78, 5) is 11.2. The number of nitriles is 1. The van der Waals surface area contributed by atoms with Gasteiger partial charge in [-0.2, -0.15) is 5.26 Å². The number of hydrogen-bond acceptors (Lipinski definition) is 2. The number of carbonyl (C=O) groups excluding carboxylic acids is 1. The first-order chi connectivity index (χ1) is 7.04. The van der Waals surface area contributed by atoms with E-state index in [0.717, 1.165) is 12.1 Å². The Morgan fingerprint density at radius 2 is 2.20 bits per heavy atom. The van der Waals surface area contributed by atoms with Crippen LogP contribution in [0.4, 0.5) is 14.5 Å². The highest BCUT2D eigenvalue weighted by molar-refractivity contribution is 5.93. The molecule has 0 radical (unpaired) electrons. The van der Waals surface area contributed by atoms with Gasteiger partial charge in [0, 0.05) is 6.07 Å². The van der Waals surface area contributed by atoms with Crippen molar-refractivity contribution in [2.75, 3.05) is 5.32 Å². The molecule has 1 unspecified atom stereocenters. The monoisotopic (exact) mass is 210 g/mol. The van der Waals surface area contributed by atoms with E-state index in [0.29, 0.717) is 6.07 Å². The summed E-state index contributed by atoms with van der Waals surface area (Å²) in [7, 11) is 0. The lowest BCUT2D eigenvalue weighted by Gasteiger charge is -2.06. The van der Waals surface area contributed by atoms with Crippen LogP contribution in [0.3, 0.4) is 0 Å². The first-order valence-corrected chi connectivity index (χ1v) is 4.20. The SMILES string of the molecule is CC(C#N)C(=O)Nc1ccc(F)cc1F. The number of benzene rings is 1. The number of anilines is 1. The van der Waals surface area contributed by atoms with Crippen LogP contribution < -0.4 is 5.32 Å². The second-order valence-electron chi connectivity index (χ2n) is 2.96. The molecule has 0 bridgehead atoms. The minimum Gasteiger partial charge on any atom is -0.322 e. The molecule has 0 aliphatic carbocycles. The summed E-state index contributed by atoms with van der Waals surface area (Å²) in [6.07, 6.45) is 0. The van der Waals surface area contributed by atoms with Crippen molar-refractivity contribution in [3.05, 3.63) is 29.8 Å². The molecule has 1 aromatic rings. The van der Waals surface area contributed by atoms with Crippen LogP contribution in [0.2, 0.25) is 0 Å². The number of halogens is 2. The molecule has 5 heteroatoms. The molecule has 1 atom stereocenters. The maximum Gasteiger partial charge on any atom is 0.241 e. The molecule has 15 heavy (non-hydrogen) atoms. The van der Waals surface area contributed by atoms with E-state index in [1.54, 1.807) is 6.07 Å². The van der Waals surface area contributed by atoms with Crippen LogP contribution in [-0.4, -0.2) is 5.91 Å². The summed E-state index contributed by atoms with van der Waals surface area (Å²) in [6, 6.07) is 4.49. The normalized spacial score (nSPS) is 11.6. The molecule has 78 valence electrons. The molecule has 0 saturated carbocycles. The molecule has 0 aliphatic heterocycles. The zero-order chi connectivity index (χ0) is 11.4. The van der Waals surface area contributed by atoms with Crippen LogP contribution in [0.25, 0.3) is 0 Å². The van der Waals surface area contributed by atoms with E-state index >= 15 is 0 Å². The van der Waals surface area contributed by atoms with Crippen molar-refractivity contribution in [2.45, 2.75) is 6.92 Å². The van der Waals surface area contributed by atoms with Crippen LogP contribution in [0, 0.1) is 28.9 Å². The third kappa shape index (κ3) is 2.74. The molecule has 1 rings (SSSR count). The number of nitrogens with zero attached hydrogens (tertiary/aromatic N) is 1. The van der Waals surface area contributed by atoms with Crippen LogP contribution in [0.1, 0.15) is 6.92 Å². The van der Waals surface area contributed by atoms with E-state index < -0.39 is 23.5 Å². The molecule has 1 aromatic carbocycles. The molecule has 1 amide bonds. The molecule has 1 N–H and O–H groups in total. The lowest BCUT2D eigenvalue weighted by Crippen LogP contribution is -2.19. The van der Waals surface area contributed by atoms with Crippen molar-refractivity contribution in [3.63, 3.8) is 0 Å². The lowest BCUT2D eigenvalue weighted by molar-refractivity contribution is -0.117. The summed E-state index contributed by atoms with van der Waals surface area (Å²) < 4.78 is 25.5. The van der Waals surface area contributed by atoms with Gasteiger partial charge < -0.3 is 5.32 Å². The smallest absolute Gasteiger partial charge is 0.241 e. The highest BCUT2D eigenvalue weighted by atomic mass is 19.1. The fourth-order valence-electron chi connectivity index (χ4n) is 0.890. The van der Waals surface area contributed by atoms with Gasteiger partial charge in [0.25, 0.3) is 0 Å². The van der Waals surface area contributed by atoms with Gasteiger partial charge in [-0.05, 0) is 19.1 Å². The maximum atomic E-state index is 13.0. The van der Waals surface area contributed by atoms with Gasteiger partial charge in [-0.25, -0.2) is 8.78 Å². The summed E-state index contributed by atoms with van der Waals surface area (Å²) in [5.41, 5.74) is -0.136. The van der Waals surface area contributed by atoms with E-state index in [2.05, 4.69) is 5.32 Å². The number of rotatable bonds is 2. The Morgan fingerprint density at radius 3 is 2.73 bits per heavy atom. The molecule has 0 aromatic heterocycles. The molecule has 3 nitrogen and oxygen atoms in total. The topological polar surface area (TPSA) is 52.9 Å². The zero-order valence-electron chi connectivity index (χ0n) is 7.92. The fraction of sp³-hybridized carbons (Fsp3) is 0.200. The second-order valence-corrected chi connectivity index (χ2v) is 2.96. The lowest BCUT2D eigenvalue weighted by atomic mass is 10.2. The molecule has 0 spiro atoms. The van der Waals surface area contributed by atoms with E-state index in [4.69, 9.17) is 5.26 Å². The molecule has 0 aliphatic rings. The second kappa shape index (κ2) is 4.51. The summed E-state index contributed by atoms with van der Waals surface area (Å²) >= 11 is 0. The first kappa shape index (κ1) is 11.1. The molecule has 0 heterocycles. The predicted octanol–water partition coefficient (Wildman–Crippen LogP) is 2.06. The van der Waals surface area contributed by atoms with Crippen molar-refractivity contribution in [2.24, 2.45) is 5.92 Å². The van der Waals surface area contributed by atoms with E-state index in [1.807, 2.05) is 0 Å². The summed E-state index contributed by atoms with van der Waals surface area (Å²) in [6.45, 7) is 1.39. The van der Waals surface area contributed by atoms with Crippen LogP contribution in [-0.2, 0) is 4.79 Å². The minimum atomic E-state index is -0.880. The Hall–Kier alpha value is -1.96. The third-order valence-corrected chi connectivity index (χ3v) is 1.78. The van der Waals surface area contributed by atoms with E-state index in [-0.39, 0.29) is 5.69 Å². The average Bonchev–Trinajstić information content (AvgIpc) is 2.20. The number of hydrogen-bond donors (Lipinski definition) is 1. The van der Waals surface area contributed by atoms with Gasteiger partial charge in [-0.1, -0.05) is 0 Å². The van der Waals surface area contributed by atoms with Crippen molar-refractivity contribution in [3.8, 4) is 6.07 Å². The van der Waals surface area contributed by atoms with Gasteiger partial charge in [0.1, 0.15) is 17.6 Å². The van der Waals surface area contributed by atoms with E-state index in [1.165, 1.54) is 6.92 Å². The van der Waals surface area contributed by atoms with Crippen molar-refractivity contribution < 1.29 is 13.6 Å².